The van der Waals surface area contributed by atoms with Gasteiger partial charge >= 0.3 is 0 Å². The molecule has 1 unspecified atom stereocenters. The average Bonchev–Trinajstić information content (AvgIpc) is 2.28. The second-order valence-electron chi connectivity index (χ2n) is 2.72. The van der Waals surface area contributed by atoms with Gasteiger partial charge in [0.1, 0.15) is 0 Å². The Morgan fingerprint density at radius 2 is 2.45 bits per heavy atom. The van der Waals surface area contributed by atoms with Crippen molar-refractivity contribution < 1.29 is 9.53 Å². The highest BCUT2D eigenvalue weighted by Crippen LogP contribution is 2.20. The van der Waals surface area contributed by atoms with Gasteiger partial charge in [-0.2, -0.15) is 0 Å². The van der Waals surface area contributed by atoms with E-state index in [0.29, 0.717) is 12.0 Å². The summed E-state index contributed by atoms with van der Waals surface area (Å²) in [5, 5.41) is 7.24. The van der Waals surface area contributed by atoms with Crippen molar-refractivity contribution in [2.24, 2.45) is 5.92 Å². The first-order valence-corrected chi connectivity index (χ1v) is 3.53. The van der Waals surface area contributed by atoms with Gasteiger partial charge in [0.05, 0.1) is 12.7 Å². The van der Waals surface area contributed by atoms with Crippen molar-refractivity contribution in [2.75, 3.05) is 7.11 Å². The molecule has 0 spiro atoms. The lowest BCUT2D eigenvalue weighted by Gasteiger charge is -1.99. The molecule has 0 aromatic heterocycles. The van der Waals surface area contributed by atoms with Gasteiger partial charge in [0.25, 0.3) is 0 Å². The van der Waals surface area contributed by atoms with Crippen LogP contribution in [0.2, 0.25) is 0 Å². The van der Waals surface area contributed by atoms with Crippen molar-refractivity contribution in [3.8, 4) is 0 Å². The molecule has 0 radical (unpaired) electrons. The standard InChI is InChI=1S/C8H11NO2/c1-5-3-6(7(10)4-5)8(9)11-2/h3,5,9H,4H2,1-2H3. The minimum absolute atomic E-state index is 0.0145. The topological polar surface area (TPSA) is 50.1 Å². The van der Waals surface area contributed by atoms with E-state index in [1.54, 1.807) is 6.08 Å². The van der Waals surface area contributed by atoms with E-state index in [4.69, 9.17) is 5.41 Å². The molecule has 11 heavy (non-hydrogen) atoms. The molecule has 1 aliphatic rings. The molecule has 0 bridgehead atoms. The predicted molar refractivity (Wildman–Crippen MR) is 41.6 cm³/mol. The number of hydrogen-bond donors (Lipinski definition) is 1. The third-order valence-corrected chi connectivity index (χ3v) is 1.71. The fourth-order valence-electron chi connectivity index (χ4n) is 1.15. The summed E-state index contributed by atoms with van der Waals surface area (Å²) < 4.78 is 4.65. The molecule has 0 aromatic rings. The summed E-state index contributed by atoms with van der Waals surface area (Å²) in [6.45, 7) is 1.95. The molecule has 60 valence electrons. The van der Waals surface area contributed by atoms with Crippen molar-refractivity contribution in [2.45, 2.75) is 13.3 Å². The molecule has 0 heterocycles. The molecule has 1 atom stereocenters. The van der Waals surface area contributed by atoms with Crippen LogP contribution in [0.15, 0.2) is 11.6 Å². The summed E-state index contributed by atoms with van der Waals surface area (Å²) in [5.41, 5.74) is 0.431. The van der Waals surface area contributed by atoms with E-state index in [1.807, 2.05) is 6.92 Å². The number of rotatable bonds is 1. The molecule has 1 N–H and O–H groups in total. The summed E-state index contributed by atoms with van der Waals surface area (Å²) in [4.78, 5) is 11.1. The van der Waals surface area contributed by atoms with E-state index in [2.05, 4.69) is 4.74 Å². The van der Waals surface area contributed by atoms with E-state index < -0.39 is 0 Å². The summed E-state index contributed by atoms with van der Waals surface area (Å²) in [6.07, 6.45) is 2.30. The zero-order valence-electron chi connectivity index (χ0n) is 6.68. The van der Waals surface area contributed by atoms with Gasteiger partial charge in [-0.15, -0.1) is 0 Å². The Labute approximate surface area is 65.6 Å². The fraction of sp³-hybridized carbons (Fsp3) is 0.500. The van der Waals surface area contributed by atoms with Crippen LogP contribution in [0.25, 0.3) is 0 Å². The number of allylic oxidation sites excluding steroid dienone is 1. The minimum atomic E-state index is -0.0145. The summed E-state index contributed by atoms with van der Waals surface area (Å²) in [5.74, 6) is 0.261. The number of carbonyl (C=O) groups is 1. The van der Waals surface area contributed by atoms with Gasteiger partial charge in [0.2, 0.25) is 5.90 Å². The van der Waals surface area contributed by atoms with E-state index in [0.717, 1.165) is 0 Å². The average molecular weight is 153 g/mol. The zero-order valence-corrected chi connectivity index (χ0v) is 6.68. The third kappa shape index (κ3) is 1.48. The molecule has 3 heteroatoms. The van der Waals surface area contributed by atoms with Crippen molar-refractivity contribution in [3.05, 3.63) is 11.6 Å². The van der Waals surface area contributed by atoms with Gasteiger partial charge in [-0.25, -0.2) is 0 Å². The molecule has 0 amide bonds. The van der Waals surface area contributed by atoms with Crippen LogP contribution in [0, 0.1) is 11.3 Å². The number of methoxy groups -OCH3 is 1. The Balaban J connectivity index is 2.79. The first-order chi connectivity index (χ1) is 5.15. The van der Waals surface area contributed by atoms with Crippen molar-refractivity contribution in [1.29, 1.82) is 5.41 Å². The third-order valence-electron chi connectivity index (χ3n) is 1.71. The second kappa shape index (κ2) is 2.86. The van der Waals surface area contributed by atoms with Crippen LogP contribution in [0.1, 0.15) is 13.3 Å². The van der Waals surface area contributed by atoms with Crippen LogP contribution in [0.3, 0.4) is 0 Å². The number of hydrogen-bond acceptors (Lipinski definition) is 3. The first-order valence-electron chi connectivity index (χ1n) is 3.53. The second-order valence-corrected chi connectivity index (χ2v) is 2.72. The minimum Gasteiger partial charge on any atom is -0.481 e. The van der Waals surface area contributed by atoms with Gasteiger partial charge < -0.3 is 4.74 Å². The van der Waals surface area contributed by atoms with Gasteiger partial charge in [-0.1, -0.05) is 13.0 Å². The Morgan fingerprint density at radius 1 is 1.82 bits per heavy atom. The molecule has 0 aliphatic heterocycles. The SMILES string of the molecule is COC(=N)C1=CC(C)CC1=O. The quantitative estimate of drug-likeness (QED) is 0.453. The smallest absolute Gasteiger partial charge is 0.216 e. The number of ketones is 1. The largest absolute Gasteiger partial charge is 0.481 e. The molecule has 3 nitrogen and oxygen atoms in total. The predicted octanol–water partition coefficient (Wildman–Crippen LogP) is 1.15. The maximum atomic E-state index is 11.1. The van der Waals surface area contributed by atoms with E-state index in [1.165, 1.54) is 7.11 Å². The molecule has 0 aromatic carbocycles. The van der Waals surface area contributed by atoms with Gasteiger partial charge in [-0.05, 0) is 5.92 Å². The van der Waals surface area contributed by atoms with Crippen LogP contribution in [-0.4, -0.2) is 18.8 Å². The molecule has 1 aliphatic carbocycles. The maximum Gasteiger partial charge on any atom is 0.216 e. The van der Waals surface area contributed by atoms with Gasteiger partial charge in [-0.3, -0.25) is 10.2 Å². The normalized spacial score (nSPS) is 23.3. The maximum absolute atomic E-state index is 11.1. The van der Waals surface area contributed by atoms with Crippen LogP contribution >= 0.6 is 0 Å². The lowest BCUT2D eigenvalue weighted by atomic mass is 10.1. The van der Waals surface area contributed by atoms with E-state index in [-0.39, 0.29) is 17.6 Å². The van der Waals surface area contributed by atoms with Crippen LogP contribution in [0.5, 0.6) is 0 Å². The van der Waals surface area contributed by atoms with Gasteiger partial charge in [0.15, 0.2) is 5.78 Å². The zero-order chi connectivity index (χ0) is 8.43. The van der Waals surface area contributed by atoms with Crippen molar-refractivity contribution >= 4 is 11.7 Å². The van der Waals surface area contributed by atoms with Crippen LogP contribution in [-0.2, 0) is 9.53 Å². The number of ether oxygens (including phenoxy) is 1. The highest BCUT2D eigenvalue weighted by molar-refractivity contribution is 6.19. The lowest BCUT2D eigenvalue weighted by molar-refractivity contribution is -0.114. The molecule has 1 rings (SSSR count). The first kappa shape index (κ1) is 7.98. The Morgan fingerprint density at radius 3 is 2.82 bits per heavy atom. The van der Waals surface area contributed by atoms with Crippen molar-refractivity contribution in [3.63, 3.8) is 0 Å². The molecule has 0 saturated carbocycles. The number of Topliss-reactive ketones (excluding diaryl/α,β-unsaturated/α-hetero) is 1. The Kier molecular flexibility index (Phi) is 2.08. The highest BCUT2D eigenvalue weighted by Gasteiger charge is 2.24. The lowest BCUT2D eigenvalue weighted by Crippen LogP contribution is -2.09. The Bertz CT molecular complexity index is 230. The summed E-state index contributed by atoms with van der Waals surface area (Å²) in [6, 6.07) is 0. The number of nitrogens with one attached hydrogen (secondary N) is 1. The van der Waals surface area contributed by atoms with Gasteiger partial charge in [0, 0.05) is 6.42 Å². The molecule has 0 saturated heterocycles. The fourth-order valence-corrected chi connectivity index (χ4v) is 1.15. The molecular formula is C8H11NO2. The summed E-state index contributed by atoms with van der Waals surface area (Å²) in [7, 11) is 1.40. The number of carbonyl (C=O) groups excluding carboxylic acids is 1. The van der Waals surface area contributed by atoms with Crippen molar-refractivity contribution in [1.82, 2.24) is 0 Å². The Hall–Kier alpha value is -1.12. The summed E-state index contributed by atoms with van der Waals surface area (Å²) >= 11 is 0. The van der Waals surface area contributed by atoms with Crippen LogP contribution in [0.4, 0.5) is 0 Å². The monoisotopic (exact) mass is 153 g/mol. The van der Waals surface area contributed by atoms with E-state index >= 15 is 0 Å². The molecule has 0 fully saturated rings. The van der Waals surface area contributed by atoms with Crippen LogP contribution < -0.4 is 0 Å². The molecular weight excluding hydrogens is 142 g/mol. The highest BCUT2D eigenvalue weighted by atomic mass is 16.5. The van der Waals surface area contributed by atoms with E-state index in [9.17, 15) is 4.79 Å².